The molecule has 20 heavy (non-hydrogen) atoms. The molecule has 0 aromatic heterocycles. The Morgan fingerprint density at radius 2 is 0.550 bits per heavy atom. The first-order valence-electron chi connectivity index (χ1n) is 9.91. The zero-order chi connectivity index (χ0) is 14.7. The third-order valence-electron chi connectivity index (χ3n) is 4.46. The van der Waals surface area contributed by atoms with Gasteiger partial charge in [0.2, 0.25) is 0 Å². The van der Waals surface area contributed by atoms with Crippen molar-refractivity contribution in [1.29, 1.82) is 0 Å². The lowest BCUT2D eigenvalue weighted by molar-refractivity contribution is 0.504. The van der Waals surface area contributed by atoms with Crippen molar-refractivity contribution in [2.75, 3.05) is 0 Å². The molecule has 0 spiro atoms. The molecule has 1 saturated carbocycles. The van der Waals surface area contributed by atoms with E-state index < -0.39 is 0 Å². The number of unbranched alkanes of at least 4 members (excludes halogenated alkanes) is 11. The summed E-state index contributed by atoms with van der Waals surface area (Å²) in [7, 11) is 0. The van der Waals surface area contributed by atoms with E-state index in [2.05, 4.69) is 13.8 Å². The van der Waals surface area contributed by atoms with Crippen molar-refractivity contribution in [3.8, 4) is 0 Å². The summed E-state index contributed by atoms with van der Waals surface area (Å²) in [6.45, 7) is 4.57. The van der Waals surface area contributed by atoms with Gasteiger partial charge in [-0.25, -0.2) is 0 Å². The number of hydrogen-bond acceptors (Lipinski definition) is 0. The summed E-state index contributed by atoms with van der Waals surface area (Å²) in [6.07, 6.45) is 26.4. The molecule has 1 aliphatic carbocycles. The second kappa shape index (κ2) is 19.0. The van der Waals surface area contributed by atoms with E-state index in [1.165, 1.54) is 116 Å². The summed E-state index contributed by atoms with van der Waals surface area (Å²) in [4.78, 5) is 0. The smallest absolute Gasteiger partial charge is 0.0533 e. The normalized spacial score (nSPS) is 14.7. The Morgan fingerprint density at radius 3 is 0.750 bits per heavy atom. The second-order valence-corrected chi connectivity index (χ2v) is 6.66. The minimum Gasteiger partial charge on any atom is -0.0654 e. The van der Waals surface area contributed by atoms with Gasteiger partial charge in [0.05, 0.1) is 0 Å². The lowest BCUT2D eigenvalue weighted by atomic mass is 10.0. The maximum atomic E-state index is 2.29. The molecule has 1 rings (SSSR count). The van der Waals surface area contributed by atoms with Gasteiger partial charge in [0.1, 0.15) is 0 Å². The molecule has 0 heteroatoms. The lowest BCUT2D eigenvalue weighted by Gasteiger charge is -2.05. The minimum absolute atomic E-state index is 1.37. The third-order valence-corrected chi connectivity index (χ3v) is 4.46. The monoisotopic (exact) mass is 282 g/mol. The van der Waals surface area contributed by atoms with Gasteiger partial charge in [0.15, 0.2) is 0 Å². The molecule has 1 fully saturated rings. The van der Waals surface area contributed by atoms with Gasteiger partial charge in [-0.05, 0) is 0 Å². The van der Waals surface area contributed by atoms with Gasteiger partial charge < -0.3 is 0 Å². The van der Waals surface area contributed by atoms with Gasteiger partial charge in [-0.15, -0.1) is 0 Å². The van der Waals surface area contributed by atoms with Crippen LogP contribution in [0.1, 0.15) is 129 Å². The van der Waals surface area contributed by atoms with Crippen LogP contribution in [0.15, 0.2) is 0 Å². The first-order valence-corrected chi connectivity index (χ1v) is 9.91. The molecule has 0 nitrogen and oxygen atoms in total. The molecule has 0 aromatic rings. The molecule has 122 valence electrons. The third kappa shape index (κ3) is 18.0. The van der Waals surface area contributed by atoms with E-state index in [0.717, 1.165) is 0 Å². The largest absolute Gasteiger partial charge is 0.0654 e. The second-order valence-electron chi connectivity index (χ2n) is 6.66. The Morgan fingerprint density at radius 1 is 0.350 bits per heavy atom. The maximum absolute atomic E-state index is 2.29. The lowest BCUT2D eigenvalue weighted by Crippen LogP contribution is -1.85. The average molecular weight is 283 g/mol. The zero-order valence-electron chi connectivity index (χ0n) is 14.7. The van der Waals surface area contributed by atoms with Crippen molar-refractivity contribution in [2.45, 2.75) is 129 Å². The standard InChI is InChI=1S/C14H30.C6H12/c1-3-5-7-9-11-13-14-12-10-8-6-4-2;1-2-4-6-5-3-1/h3-14H2,1-2H3;1-6H2. The molecule has 0 saturated heterocycles. The fraction of sp³-hybridized carbons (Fsp3) is 1.00. The summed E-state index contributed by atoms with van der Waals surface area (Å²) >= 11 is 0. The quantitative estimate of drug-likeness (QED) is 0.336. The van der Waals surface area contributed by atoms with E-state index in [0.29, 0.717) is 0 Å². The van der Waals surface area contributed by atoms with Crippen LogP contribution >= 0.6 is 0 Å². The molecule has 0 heterocycles. The molecule has 0 unspecified atom stereocenters. The highest BCUT2D eigenvalue weighted by molar-refractivity contribution is 4.51. The Labute approximate surface area is 130 Å². The van der Waals surface area contributed by atoms with Crippen LogP contribution in [0.5, 0.6) is 0 Å². The molecule has 1 aliphatic rings. The van der Waals surface area contributed by atoms with Crippen LogP contribution in [0.3, 0.4) is 0 Å². The highest BCUT2D eigenvalue weighted by atomic mass is 14.0. The average Bonchev–Trinajstić information content (AvgIpc) is 2.52. The number of hydrogen-bond donors (Lipinski definition) is 0. The Bertz CT molecular complexity index is 123. The predicted molar refractivity (Wildman–Crippen MR) is 94.5 cm³/mol. The van der Waals surface area contributed by atoms with Crippen LogP contribution in [-0.2, 0) is 0 Å². The molecule has 0 radical (unpaired) electrons. The fourth-order valence-corrected chi connectivity index (χ4v) is 2.97. The summed E-state index contributed by atoms with van der Waals surface area (Å²) in [5.41, 5.74) is 0. The van der Waals surface area contributed by atoms with Crippen molar-refractivity contribution in [1.82, 2.24) is 0 Å². The molecule has 0 bridgehead atoms. The van der Waals surface area contributed by atoms with E-state index in [1.54, 1.807) is 0 Å². The highest BCUT2D eigenvalue weighted by Gasteiger charge is 1.95. The SMILES string of the molecule is C1CCCCC1.CCCCCCCCCCCCCC. The van der Waals surface area contributed by atoms with E-state index >= 15 is 0 Å². The Balaban J connectivity index is 0.000000493. The van der Waals surface area contributed by atoms with Crippen LogP contribution in [0.25, 0.3) is 0 Å². The topological polar surface area (TPSA) is 0 Å². The summed E-state index contributed by atoms with van der Waals surface area (Å²) < 4.78 is 0. The van der Waals surface area contributed by atoms with E-state index in [-0.39, 0.29) is 0 Å². The van der Waals surface area contributed by atoms with Crippen LogP contribution in [0.4, 0.5) is 0 Å². The van der Waals surface area contributed by atoms with Crippen LogP contribution in [0, 0.1) is 0 Å². The van der Waals surface area contributed by atoms with Crippen molar-refractivity contribution in [2.24, 2.45) is 0 Å². The number of rotatable bonds is 11. The molecule has 0 atom stereocenters. The van der Waals surface area contributed by atoms with E-state index in [9.17, 15) is 0 Å². The van der Waals surface area contributed by atoms with Gasteiger partial charge in [0, 0.05) is 0 Å². The van der Waals surface area contributed by atoms with Crippen LogP contribution in [0.2, 0.25) is 0 Å². The predicted octanol–water partition coefficient (Wildman–Crippen LogP) is 8.05. The molecule has 0 N–H and O–H groups in total. The summed E-state index contributed by atoms with van der Waals surface area (Å²) in [6, 6.07) is 0. The van der Waals surface area contributed by atoms with Crippen molar-refractivity contribution in [3.63, 3.8) is 0 Å². The Hall–Kier alpha value is 0. The van der Waals surface area contributed by atoms with Gasteiger partial charge in [-0.1, -0.05) is 129 Å². The fourth-order valence-electron chi connectivity index (χ4n) is 2.97. The van der Waals surface area contributed by atoms with Gasteiger partial charge in [-0.2, -0.15) is 0 Å². The summed E-state index contributed by atoms with van der Waals surface area (Å²) in [5.74, 6) is 0. The van der Waals surface area contributed by atoms with E-state index in [1.807, 2.05) is 0 Å². The van der Waals surface area contributed by atoms with E-state index in [4.69, 9.17) is 0 Å². The minimum atomic E-state index is 1.37. The van der Waals surface area contributed by atoms with Gasteiger partial charge >= 0.3 is 0 Å². The molecule has 0 amide bonds. The van der Waals surface area contributed by atoms with Gasteiger partial charge in [-0.3, -0.25) is 0 Å². The summed E-state index contributed by atoms with van der Waals surface area (Å²) in [5, 5.41) is 0. The Kier molecular flexibility index (Phi) is 19.0. The van der Waals surface area contributed by atoms with Crippen molar-refractivity contribution < 1.29 is 0 Å². The molecular weight excluding hydrogens is 240 g/mol. The van der Waals surface area contributed by atoms with Crippen molar-refractivity contribution in [3.05, 3.63) is 0 Å². The highest BCUT2D eigenvalue weighted by Crippen LogP contribution is 2.15. The first kappa shape index (κ1) is 20.0. The van der Waals surface area contributed by atoms with Crippen LogP contribution < -0.4 is 0 Å². The molecule has 0 aromatic carbocycles. The zero-order valence-corrected chi connectivity index (χ0v) is 14.7. The van der Waals surface area contributed by atoms with Crippen molar-refractivity contribution >= 4 is 0 Å². The van der Waals surface area contributed by atoms with Crippen LogP contribution in [-0.4, -0.2) is 0 Å². The van der Waals surface area contributed by atoms with Gasteiger partial charge in [0.25, 0.3) is 0 Å². The molecule has 0 aliphatic heterocycles. The first-order chi connectivity index (χ1) is 9.91. The molecular formula is C20H42. The maximum Gasteiger partial charge on any atom is -0.0533 e.